The maximum atomic E-state index is 12.0. The molecular formula is C32H43N3O11. The molecule has 10 N–H and O–H groups in total. The van der Waals surface area contributed by atoms with Crippen LogP contribution in [0.3, 0.4) is 0 Å². The number of nitrogens with two attached hydrogens (primary N) is 3. The summed E-state index contributed by atoms with van der Waals surface area (Å²) in [6, 6.07) is 12.1. The molecule has 0 saturated heterocycles. The maximum absolute atomic E-state index is 12.0. The van der Waals surface area contributed by atoms with Gasteiger partial charge in [0.1, 0.15) is 66.9 Å². The van der Waals surface area contributed by atoms with Gasteiger partial charge in [-0.15, -0.1) is 0 Å². The SMILES string of the molecule is Cc1ccc(C2c3c(OCC(O)CN)cc(OCC(O)CN)cc3OC(c3ccc4c(c3)OC(COCC(O)CN)CO4)C2O)o1. The fourth-order valence-electron chi connectivity index (χ4n) is 5.24. The predicted octanol–water partition coefficient (Wildman–Crippen LogP) is 0.0873. The molecule has 252 valence electrons. The van der Waals surface area contributed by atoms with Crippen molar-refractivity contribution in [1.82, 2.24) is 0 Å². The molecule has 3 aromatic rings. The zero-order valence-corrected chi connectivity index (χ0v) is 25.6. The van der Waals surface area contributed by atoms with E-state index in [2.05, 4.69) is 0 Å². The van der Waals surface area contributed by atoms with E-state index >= 15 is 0 Å². The van der Waals surface area contributed by atoms with Crippen LogP contribution < -0.4 is 40.9 Å². The maximum Gasteiger partial charge on any atom is 0.162 e. The average molecular weight is 646 g/mol. The number of aryl methyl sites for hydroxylation is 1. The van der Waals surface area contributed by atoms with Crippen molar-refractivity contribution in [2.75, 3.05) is 52.7 Å². The van der Waals surface area contributed by atoms with Crippen molar-refractivity contribution in [2.24, 2.45) is 17.2 Å². The Kier molecular flexibility index (Phi) is 11.2. The summed E-state index contributed by atoms with van der Waals surface area (Å²) in [4.78, 5) is 0. The fourth-order valence-corrected chi connectivity index (χ4v) is 5.24. The smallest absolute Gasteiger partial charge is 0.162 e. The van der Waals surface area contributed by atoms with Gasteiger partial charge in [0, 0.05) is 37.3 Å². The highest BCUT2D eigenvalue weighted by molar-refractivity contribution is 5.57. The van der Waals surface area contributed by atoms with E-state index in [1.165, 1.54) is 0 Å². The monoisotopic (exact) mass is 645 g/mol. The molecule has 0 saturated carbocycles. The van der Waals surface area contributed by atoms with Crippen LogP contribution in [0.1, 0.15) is 34.7 Å². The molecule has 46 heavy (non-hydrogen) atoms. The topological polar surface area (TPSA) is 228 Å². The number of hydrogen-bond acceptors (Lipinski definition) is 14. The van der Waals surface area contributed by atoms with E-state index in [4.69, 9.17) is 50.0 Å². The first kappa shape index (κ1) is 33.8. The van der Waals surface area contributed by atoms with Crippen molar-refractivity contribution in [3.8, 4) is 28.7 Å². The molecule has 3 heterocycles. The molecule has 14 nitrogen and oxygen atoms in total. The van der Waals surface area contributed by atoms with Crippen molar-refractivity contribution >= 4 is 0 Å². The van der Waals surface area contributed by atoms with Crippen LogP contribution in [0.25, 0.3) is 0 Å². The predicted molar refractivity (Wildman–Crippen MR) is 164 cm³/mol. The number of furan rings is 1. The largest absolute Gasteiger partial charge is 0.491 e. The first-order valence-corrected chi connectivity index (χ1v) is 15.2. The van der Waals surface area contributed by atoms with Gasteiger partial charge in [-0.25, -0.2) is 0 Å². The fraction of sp³-hybridized carbons (Fsp3) is 0.500. The molecule has 0 spiro atoms. The van der Waals surface area contributed by atoms with Crippen molar-refractivity contribution < 1.29 is 53.3 Å². The van der Waals surface area contributed by atoms with E-state index in [0.29, 0.717) is 45.6 Å². The Balaban J connectivity index is 1.49. The first-order chi connectivity index (χ1) is 22.2. The lowest BCUT2D eigenvalue weighted by Crippen LogP contribution is -2.37. The summed E-state index contributed by atoms with van der Waals surface area (Å²) in [5.41, 5.74) is 17.7. The van der Waals surface area contributed by atoms with Crippen molar-refractivity contribution in [2.45, 2.75) is 49.5 Å². The lowest BCUT2D eigenvalue weighted by molar-refractivity contribution is -0.0201. The van der Waals surface area contributed by atoms with E-state index < -0.39 is 42.5 Å². The second kappa shape index (κ2) is 15.3. The molecule has 0 fully saturated rings. The third-order valence-electron chi connectivity index (χ3n) is 7.68. The highest BCUT2D eigenvalue weighted by atomic mass is 16.6. The van der Waals surface area contributed by atoms with Crippen LogP contribution in [0.5, 0.6) is 28.7 Å². The third kappa shape index (κ3) is 7.85. The zero-order valence-electron chi connectivity index (χ0n) is 25.6. The summed E-state index contributed by atoms with van der Waals surface area (Å²) in [7, 11) is 0. The molecule has 0 radical (unpaired) electrons. The summed E-state index contributed by atoms with van der Waals surface area (Å²) in [5.74, 6) is 2.28. The number of hydrogen-bond donors (Lipinski definition) is 7. The molecule has 14 heteroatoms. The van der Waals surface area contributed by atoms with Crippen LogP contribution in [0.15, 0.2) is 46.9 Å². The molecular weight excluding hydrogens is 602 g/mol. The lowest BCUT2D eigenvalue weighted by Gasteiger charge is -2.38. The van der Waals surface area contributed by atoms with E-state index in [9.17, 15) is 20.4 Å². The van der Waals surface area contributed by atoms with Crippen LogP contribution in [0, 0.1) is 6.92 Å². The van der Waals surface area contributed by atoms with Crippen LogP contribution in [-0.2, 0) is 4.74 Å². The number of benzene rings is 2. The van der Waals surface area contributed by atoms with Crippen LogP contribution in [0.2, 0.25) is 0 Å². The normalized spacial score (nSPS) is 22.3. The number of aliphatic hydroxyl groups is 4. The second-order valence-corrected chi connectivity index (χ2v) is 11.4. The minimum absolute atomic E-state index is 0.00836. The Morgan fingerprint density at radius 1 is 0.826 bits per heavy atom. The molecule has 7 atom stereocenters. The van der Waals surface area contributed by atoms with Crippen LogP contribution >= 0.6 is 0 Å². The molecule has 5 rings (SSSR count). The van der Waals surface area contributed by atoms with Crippen molar-refractivity contribution in [3.05, 3.63) is 65.1 Å². The van der Waals surface area contributed by atoms with Gasteiger partial charge in [0.05, 0.1) is 25.2 Å². The summed E-state index contributed by atoms with van der Waals surface area (Å²) in [6.07, 6.45) is -5.10. The van der Waals surface area contributed by atoms with E-state index in [-0.39, 0.29) is 58.4 Å². The van der Waals surface area contributed by atoms with Gasteiger partial charge < -0.3 is 70.5 Å². The molecule has 2 aliphatic rings. The highest BCUT2D eigenvalue weighted by Crippen LogP contribution is 2.52. The van der Waals surface area contributed by atoms with Gasteiger partial charge in [0.2, 0.25) is 0 Å². The number of fused-ring (bicyclic) bond motifs is 2. The molecule has 0 aliphatic carbocycles. The van der Waals surface area contributed by atoms with E-state index in [1.807, 2.05) is 0 Å². The zero-order chi connectivity index (χ0) is 32.8. The van der Waals surface area contributed by atoms with Crippen LogP contribution in [0.4, 0.5) is 0 Å². The first-order valence-electron chi connectivity index (χ1n) is 15.2. The molecule has 0 amide bonds. The van der Waals surface area contributed by atoms with Gasteiger partial charge in [-0.3, -0.25) is 0 Å². The Hall–Kier alpha value is -3.60. The third-order valence-corrected chi connectivity index (χ3v) is 7.68. The summed E-state index contributed by atoms with van der Waals surface area (Å²) in [5, 5.41) is 41.8. The van der Waals surface area contributed by atoms with Gasteiger partial charge in [-0.05, 0) is 36.8 Å². The van der Waals surface area contributed by atoms with E-state index in [1.54, 1.807) is 49.4 Å². The van der Waals surface area contributed by atoms with Gasteiger partial charge in [0.15, 0.2) is 23.7 Å². The molecule has 0 bridgehead atoms. The van der Waals surface area contributed by atoms with E-state index in [0.717, 1.165) is 0 Å². The van der Waals surface area contributed by atoms with Crippen molar-refractivity contribution in [1.29, 1.82) is 0 Å². The van der Waals surface area contributed by atoms with Crippen LogP contribution in [-0.4, -0.2) is 104 Å². The molecule has 2 aliphatic heterocycles. The Morgan fingerprint density at radius 3 is 2.24 bits per heavy atom. The quantitative estimate of drug-likeness (QED) is 0.116. The summed E-state index contributed by atoms with van der Waals surface area (Å²) < 4.78 is 41.9. The van der Waals surface area contributed by atoms with Gasteiger partial charge >= 0.3 is 0 Å². The Labute approximate surface area is 266 Å². The van der Waals surface area contributed by atoms with Crippen molar-refractivity contribution in [3.63, 3.8) is 0 Å². The average Bonchev–Trinajstić information content (AvgIpc) is 3.50. The number of aliphatic hydroxyl groups excluding tert-OH is 4. The lowest BCUT2D eigenvalue weighted by atomic mass is 9.82. The molecule has 1 aromatic heterocycles. The standard InChI is InChI=1S/C32H43N3O11/c1-17-2-4-25(44-17)30-29-27(42-14-21(38)11-35)7-22(41-13-20(37)10-34)8-28(29)46-32(31(30)39)18-3-5-24-26(6-18)45-23(16-43-24)15-40-12-19(36)9-33/h2-8,19-21,23,30-32,36-39H,9-16,33-35H2,1H3. The highest BCUT2D eigenvalue weighted by Gasteiger charge is 2.43. The second-order valence-electron chi connectivity index (χ2n) is 11.4. The van der Waals surface area contributed by atoms with Gasteiger partial charge in [-0.2, -0.15) is 0 Å². The summed E-state index contributed by atoms with van der Waals surface area (Å²) >= 11 is 0. The molecule has 2 aromatic carbocycles. The minimum Gasteiger partial charge on any atom is -0.491 e. The summed E-state index contributed by atoms with van der Waals surface area (Å²) in [6.45, 7) is 2.19. The Morgan fingerprint density at radius 2 is 1.54 bits per heavy atom. The van der Waals surface area contributed by atoms with Gasteiger partial charge in [-0.1, -0.05) is 6.07 Å². The number of ether oxygens (including phenoxy) is 6. The Bertz CT molecular complexity index is 1440. The number of rotatable bonds is 15. The molecule has 7 unspecified atom stereocenters. The minimum atomic E-state index is -1.16. The van der Waals surface area contributed by atoms with Gasteiger partial charge in [0.25, 0.3) is 0 Å².